The maximum absolute atomic E-state index is 13.1. The molecule has 1 aliphatic heterocycles. The van der Waals surface area contributed by atoms with Gasteiger partial charge in [-0.05, 0) is 25.2 Å². The van der Waals surface area contributed by atoms with Gasteiger partial charge in [0, 0.05) is 30.6 Å². The lowest BCUT2D eigenvalue weighted by Crippen LogP contribution is -2.28. The largest absolute Gasteiger partial charge is 0.348 e. The van der Waals surface area contributed by atoms with Crippen LogP contribution in [0.4, 0.5) is 10.1 Å². The second-order valence-corrected chi connectivity index (χ2v) is 12.0. The maximum Gasteiger partial charge on any atom is 0.291 e. The molecule has 0 saturated carbocycles. The van der Waals surface area contributed by atoms with Crippen LogP contribution >= 0.6 is 11.3 Å². The third-order valence-electron chi connectivity index (χ3n) is 6.49. The van der Waals surface area contributed by atoms with Crippen LogP contribution in [0.3, 0.4) is 0 Å². The quantitative estimate of drug-likeness (QED) is 0.273. The number of rotatable bonds is 10. The molecule has 204 valence electrons. The first-order valence-electron chi connectivity index (χ1n) is 13.7. The molecular weight excluding hydrogens is 506 g/mol. The summed E-state index contributed by atoms with van der Waals surface area (Å²) in [5, 5.41) is 16.0. The van der Waals surface area contributed by atoms with Crippen molar-refractivity contribution < 1.29 is 4.79 Å². The summed E-state index contributed by atoms with van der Waals surface area (Å²) in [5.41, 5.74) is 2.71. The normalized spacial score (nSPS) is 14.6. The molecule has 0 unspecified atom stereocenters. The van der Waals surface area contributed by atoms with Gasteiger partial charge in [-0.2, -0.15) is 9.94 Å². The zero-order valence-electron chi connectivity index (χ0n) is 23.8. The Balaban J connectivity index is 1.89. The Bertz CT molecular complexity index is 1430. The Hall–Kier alpha value is -3.64. The van der Waals surface area contributed by atoms with E-state index in [1.165, 1.54) is 16.0 Å². The van der Waals surface area contributed by atoms with Gasteiger partial charge in [0.25, 0.3) is 5.91 Å². The Labute approximate surface area is 235 Å². The number of allylic oxidation sites excluding steroid dienone is 2. The van der Waals surface area contributed by atoms with Crippen molar-refractivity contribution in [2.24, 2.45) is 10.4 Å². The van der Waals surface area contributed by atoms with E-state index in [9.17, 15) is 10.1 Å². The summed E-state index contributed by atoms with van der Waals surface area (Å²) in [6, 6.07) is 12.1. The van der Waals surface area contributed by atoms with E-state index in [2.05, 4.69) is 50.7 Å². The highest BCUT2D eigenvalue weighted by Gasteiger charge is 2.33. The van der Waals surface area contributed by atoms with Crippen LogP contribution in [0.5, 0.6) is 0 Å². The van der Waals surface area contributed by atoms with Crippen LogP contribution in [0.25, 0.3) is 11.3 Å². The number of thiazole rings is 1. The lowest BCUT2D eigenvalue weighted by molar-refractivity contribution is 0.0941. The first kappa shape index (κ1) is 28.4. The molecule has 0 N–H and O–H groups in total. The maximum atomic E-state index is 13.1. The number of aliphatic imine (C=N–C) groups is 1. The number of hydrogen-bond acceptors (Lipinski definition) is 8. The van der Waals surface area contributed by atoms with Gasteiger partial charge < -0.3 is 4.90 Å². The number of nitriles is 1. The van der Waals surface area contributed by atoms with E-state index in [0.717, 1.165) is 60.2 Å². The van der Waals surface area contributed by atoms with Crippen molar-refractivity contribution in [1.82, 2.24) is 19.7 Å². The van der Waals surface area contributed by atoms with Crippen molar-refractivity contribution in [1.29, 1.82) is 5.26 Å². The molecule has 1 aliphatic rings. The summed E-state index contributed by atoms with van der Waals surface area (Å²) in [6.45, 7) is 14.3. The molecule has 0 saturated heterocycles. The summed E-state index contributed by atoms with van der Waals surface area (Å²) >= 11 is 1.54. The van der Waals surface area contributed by atoms with Gasteiger partial charge >= 0.3 is 0 Å². The van der Waals surface area contributed by atoms with Gasteiger partial charge in [0.1, 0.15) is 28.0 Å². The molecule has 3 aromatic rings. The van der Waals surface area contributed by atoms with Gasteiger partial charge in [0.05, 0.1) is 0 Å². The Morgan fingerprint density at radius 1 is 1.08 bits per heavy atom. The second kappa shape index (κ2) is 12.0. The predicted octanol–water partition coefficient (Wildman–Crippen LogP) is 7.01. The van der Waals surface area contributed by atoms with Crippen molar-refractivity contribution in [3.05, 3.63) is 53.1 Å². The van der Waals surface area contributed by atoms with Gasteiger partial charge in [-0.3, -0.25) is 4.79 Å². The van der Waals surface area contributed by atoms with E-state index in [1.807, 2.05) is 30.3 Å². The molecule has 4 rings (SSSR count). The first-order valence-corrected chi connectivity index (χ1v) is 14.5. The molecular formula is C30H37N7OS. The van der Waals surface area contributed by atoms with E-state index in [0.29, 0.717) is 29.4 Å². The van der Waals surface area contributed by atoms with Crippen LogP contribution in [0.2, 0.25) is 0 Å². The lowest BCUT2D eigenvalue weighted by Gasteiger charge is -2.21. The smallest absolute Gasteiger partial charge is 0.291 e. The number of carbonyl (C=O) groups excluding carboxylic acids is 1. The van der Waals surface area contributed by atoms with E-state index in [-0.39, 0.29) is 11.0 Å². The summed E-state index contributed by atoms with van der Waals surface area (Å²) in [6.07, 6.45) is 4.98. The molecule has 9 heteroatoms. The van der Waals surface area contributed by atoms with Gasteiger partial charge in [-0.25, -0.2) is 15.0 Å². The monoisotopic (exact) mass is 543 g/mol. The van der Waals surface area contributed by atoms with E-state index in [1.54, 1.807) is 6.92 Å². The molecule has 0 amide bonds. The topological polar surface area (TPSA) is 100 Å². The van der Waals surface area contributed by atoms with Crippen LogP contribution < -0.4 is 4.90 Å². The average Bonchev–Trinajstić information content (AvgIpc) is 3.51. The molecule has 0 atom stereocenters. The number of benzene rings is 1. The second-order valence-electron chi connectivity index (χ2n) is 11.1. The standard InChI is InChI=1S/C30H37N7OS/c1-7-9-16-36(17-10-8-2)29-34-25(21-14-12-11-13-15-21)27(39-29)33-24-20(3)22(19-31)28(38)37-26(24)32-23(35-37)18-30(4,5)6/h11-15H,7-10,16-18H2,1-6H3. The number of hydrogen-bond donors (Lipinski definition) is 0. The highest BCUT2D eigenvalue weighted by atomic mass is 32.1. The minimum absolute atomic E-state index is 0.0342. The molecule has 0 radical (unpaired) electrons. The summed E-state index contributed by atoms with van der Waals surface area (Å²) in [4.78, 5) is 30.4. The van der Waals surface area contributed by atoms with Crippen LogP contribution in [0, 0.1) is 16.7 Å². The molecule has 39 heavy (non-hydrogen) atoms. The minimum atomic E-state index is -0.463. The Morgan fingerprint density at radius 3 is 2.33 bits per heavy atom. The average molecular weight is 544 g/mol. The number of anilines is 1. The Morgan fingerprint density at radius 2 is 1.74 bits per heavy atom. The lowest BCUT2D eigenvalue weighted by atomic mass is 9.92. The van der Waals surface area contributed by atoms with Gasteiger partial charge in [0.2, 0.25) is 0 Å². The van der Waals surface area contributed by atoms with Crippen molar-refractivity contribution in [2.45, 2.75) is 73.6 Å². The molecule has 0 bridgehead atoms. The minimum Gasteiger partial charge on any atom is -0.348 e. The molecule has 0 aliphatic carbocycles. The number of carbonyl (C=O) groups is 1. The van der Waals surface area contributed by atoms with Crippen molar-refractivity contribution in [3.8, 4) is 17.3 Å². The number of unbranched alkanes of at least 4 members (excludes halogenated alkanes) is 2. The fraction of sp³-hybridized carbons (Fsp3) is 0.467. The van der Waals surface area contributed by atoms with E-state index in [4.69, 9.17) is 15.0 Å². The molecule has 2 aromatic heterocycles. The third kappa shape index (κ3) is 6.34. The number of nitrogens with zero attached hydrogens (tertiary/aromatic N) is 7. The van der Waals surface area contributed by atoms with Gasteiger partial charge in [0.15, 0.2) is 16.8 Å². The predicted molar refractivity (Wildman–Crippen MR) is 158 cm³/mol. The zero-order valence-corrected chi connectivity index (χ0v) is 24.6. The van der Waals surface area contributed by atoms with Crippen molar-refractivity contribution >= 4 is 33.1 Å². The highest BCUT2D eigenvalue weighted by Crippen LogP contribution is 2.41. The first-order chi connectivity index (χ1) is 18.7. The van der Waals surface area contributed by atoms with Crippen LogP contribution in [-0.2, 0) is 6.42 Å². The molecule has 0 spiro atoms. The zero-order chi connectivity index (χ0) is 28.2. The molecule has 3 heterocycles. The summed E-state index contributed by atoms with van der Waals surface area (Å²) in [7, 11) is 0. The third-order valence-corrected chi connectivity index (χ3v) is 7.50. The van der Waals surface area contributed by atoms with Crippen LogP contribution in [0.15, 0.2) is 46.5 Å². The van der Waals surface area contributed by atoms with Gasteiger partial charge in [-0.15, -0.1) is 5.10 Å². The van der Waals surface area contributed by atoms with E-state index < -0.39 is 5.91 Å². The SMILES string of the molecule is CCCCN(CCCC)c1nc(-c2ccccc2)c(N=C2C(C)=C(C#N)C(=O)n3nc(CC(C)(C)C)nc32)s1. The van der Waals surface area contributed by atoms with E-state index >= 15 is 0 Å². The molecule has 0 fully saturated rings. The van der Waals surface area contributed by atoms with Crippen LogP contribution in [0.1, 0.15) is 83.7 Å². The highest BCUT2D eigenvalue weighted by molar-refractivity contribution is 7.19. The van der Waals surface area contributed by atoms with Crippen LogP contribution in [-0.4, -0.2) is 44.5 Å². The summed E-state index contributed by atoms with van der Waals surface area (Å²) < 4.78 is 1.24. The summed E-state index contributed by atoms with van der Waals surface area (Å²) in [5.74, 6) is 0.470. The number of fused-ring (bicyclic) bond motifs is 1. The fourth-order valence-electron chi connectivity index (χ4n) is 4.42. The Kier molecular flexibility index (Phi) is 8.76. The number of aromatic nitrogens is 4. The van der Waals surface area contributed by atoms with Gasteiger partial charge in [-0.1, -0.05) is 89.1 Å². The molecule has 1 aromatic carbocycles. The van der Waals surface area contributed by atoms with Crippen molar-refractivity contribution in [2.75, 3.05) is 18.0 Å². The molecule has 8 nitrogen and oxygen atoms in total. The fourth-order valence-corrected chi connectivity index (χ4v) is 5.43. The van der Waals surface area contributed by atoms with Crippen molar-refractivity contribution in [3.63, 3.8) is 0 Å².